The number of benzene rings is 1. The number of carbonyl (C=O) groups excluding carboxylic acids is 1. The number of morpholine rings is 1. The molecule has 0 radical (unpaired) electrons. The summed E-state index contributed by atoms with van der Waals surface area (Å²) in [7, 11) is 1.63. The lowest BCUT2D eigenvalue weighted by molar-refractivity contribution is -0.130. The predicted molar refractivity (Wildman–Crippen MR) is 115 cm³/mol. The third-order valence-corrected chi connectivity index (χ3v) is 5.61. The zero-order chi connectivity index (χ0) is 20.9. The molecule has 0 saturated carbocycles. The topological polar surface area (TPSA) is 71.0 Å². The van der Waals surface area contributed by atoms with Crippen molar-refractivity contribution in [3.63, 3.8) is 0 Å². The second-order valence-electron chi connectivity index (χ2n) is 7.62. The van der Waals surface area contributed by atoms with Crippen LogP contribution in [0.2, 0.25) is 0 Å². The summed E-state index contributed by atoms with van der Waals surface area (Å²) in [4.78, 5) is 28.6. The number of ether oxygens (including phenoxy) is 2. The van der Waals surface area contributed by atoms with Crippen molar-refractivity contribution in [1.29, 1.82) is 0 Å². The predicted octanol–water partition coefficient (Wildman–Crippen LogP) is 1.52. The van der Waals surface area contributed by atoms with E-state index in [1.165, 1.54) is 0 Å². The molecule has 0 atom stereocenters. The Hall–Kier alpha value is -2.87. The van der Waals surface area contributed by atoms with Crippen LogP contribution in [-0.2, 0) is 16.0 Å². The van der Waals surface area contributed by atoms with Gasteiger partial charge in [0.2, 0.25) is 11.9 Å². The minimum absolute atomic E-state index is 0.123. The van der Waals surface area contributed by atoms with Crippen molar-refractivity contribution in [3.8, 4) is 5.75 Å². The zero-order valence-corrected chi connectivity index (χ0v) is 17.7. The monoisotopic (exact) mass is 411 g/mol. The van der Waals surface area contributed by atoms with Crippen molar-refractivity contribution in [2.24, 2.45) is 0 Å². The third-order valence-electron chi connectivity index (χ3n) is 5.61. The molecule has 1 amide bonds. The van der Waals surface area contributed by atoms with Gasteiger partial charge in [0.05, 0.1) is 26.7 Å². The third kappa shape index (κ3) is 4.64. The summed E-state index contributed by atoms with van der Waals surface area (Å²) in [6, 6.07) is 9.72. The lowest BCUT2D eigenvalue weighted by Crippen LogP contribution is -2.49. The smallest absolute Gasteiger partial charge is 0.227 e. The molecule has 30 heavy (non-hydrogen) atoms. The van der Waals surface area contributed by atoms with Crippen molar-refractivity contribution in [1.82, 2.24) is 14.9 Å². The molecular formula is C22H29N5O3. The van der Waals surface area contributed by atoms with Crippen LogP contribution in [0.25, 0.3) is 0 Å². The summed E-state index contributed by atoms with van der Waals surface area (Å²) in [5.41, 5.74) is 1.88. The standard InChI is InChI=1S/C22H29N5O3/c1-17-15-20(25-11-13-30-14-12-25)24-22(23-17)27-9-7-26(8-10-27)21(28)16-18-5-3-4-6-19(18)29-2/h3-6,15H,7-14,16H2,1-2H3. The van der Waals surface area contributed by atoms with Gasteiger partial charge in [-0.15, -0.1) is 0 Å². The van der Waals surface area contributed by atoms with Gasteiger partial charge in [0.15, 0.2) is 0 Å². The van der Waals surface area contributed by atoms with Crippen LogP contribution in [0.4, 0.5) is 11.8 Å². The number of para-hydroxylation sites is 1. The van der Waals surface area contributed by atoms with Gasteiger partial charge in [-0.25, -0.2) is 4.98 Å². The highest BCUT2D eigenvalue weighted by Crippen LogP contribution is 2.21. The van der Waals surface area contributed by atoms with E-state index in [4.69, 9.17) is 14.5 Å². The second kappa shape index (κ2) is 9.30. The van der Waals surface area contributed by atoms with Gasteiger partial charge in [-0.3, -0.25) is 4.79 Å². The maximum absolute atomic E-state index is 12.8. The summed E-state index contributed by atoms with van der Waals surface area (Å²) in [5, 5.41) is 0. The lowest BCUT2D eigenvalue weighted by Gasteiger charge is -2.35. The Morgan fingerprint density at radius 3 is 2.50 bits per heavy atom. The summed E-state index contributed by atoms with van der Waals surface area (Å²) < 4.78 is 10.8. The Balaban J connectivity index is 1.38. The van der Waals surface area contributed by atoms with Crippen LogP contribution in [0.3, 0.4) is 0 Å². The highest BCUT2D eigenvalue weighted by atomic mass is 16.5. The quantitative estimate of drug-likeness (QED) is 0.739. The maximum Gasteiger partial charge on any atom is 0.227 e. The average molecular weight is 412 g/mol. The summed E-state index contributed by atoms with van der Waals surface area (Å²) >= 11 is 0. The molecule has 2 aromatic rings. The summed E-state index contributed by atoms with van der Waals surface area (Å²) in [5.74, 6) is 2.58. The first kappa shape index (κ1) is 20.4. The molecule has 0 bridgehead atoms. The molecule has 8 nitrogen and oxygen atoms in total. The molecule has 0 unspecified atom stereocenters. The minimum atomic E-state index is 0.123. The van der Waals surface area contributed by atoms with Crippen molar-refractivity contribution in [2.75, 3.05) is 69.4 Å². The highest BCUT2D eigenvalue weighted by molar-refractivity contribution is 5.79. The number of aromatic nitrogens is 2. The van der Waals surface area contributed by atoms with Crippen LogP contribution in [0.15, 0.2) is 30.3 Å². The highest BCUT2D eigenvalue weighted by Gasteiger charge is 2.24. The Labute approximate surface area is 177 Å². The molecule has 0 N–H and O–H groups in total. The Kier molecular flexibility index (Phi) is 6.32. The molecule has 3 heterocycles. The van der Waals surface area contributed by atoms with Crippen molar-refractivity contribution < 1.29 is 14.3 Å². The average Bonchev–Trinajstić information content (AvgIpc) is 2.79. The van der Waals surface area contributed by atoms with Gasteiger partial charge >= 0.3 is 0 Å². The van der Waals surface area contributed by atoms with Gasteiger partial charge in [-0.1, -0.05) is 18.2 Å². The SMILES string of the molecule is COc1ccccc1CC(=O)N1CCN(c2nc(C)cc(N3CCOCC3)n2)CC1. The molecule has 0 aliphatic carbocycles. The van der Waals surface area contributed by atoms with Crippen molar-refractivity contribution in [2.45, 2.75) is 13.3 Å². The molecule has 8 heteroatoms. The first-order valence-electron chi connectivity index (χ1n) is 10.5. The number of hydrogen-bond acceptors (Lipinski definition) is 7. The lowest BCUT2D eigenvalue weighted by atomic mass is 10.1. The van der Waals surface area contributed by atoms with E-state index in [0.29, 0.717) is 19.5 Å². The van der Waals surface area contributed by atoms with Gasteiger partial charge in [-0.05, 0) is 13.0 Å². The normalized spacial score (nSPS) is 17.2. The van der Waals surface area contributed by atoms with E-state index in [0.717, 1.165) is 68.2 Å². The summed E-state index contributed by atoms with van der Waals surface area (Å²) in [6.07, 6.45) is 0.353. The fraction of sp³-hybridized carbons (Fsp3) is 0.500. The van der Waals surface area contributed by atoms with Gasteiger partial charge < -0.3 is 24.2 Å². The largest absolute Gasteiger partial charge is 0.496 e. The van der Waals surface area contributed by atoms with Crippen LogP contribution in [0, 0.1) is 6.92 Å². The van der Waals surface area contributed by atoms with Crippen molar-refractivity contribution >= 4 is 17.7 Å². The molecule has 1 aromatic heterocycles. The Morgan fingerprint density at radius 2 is 1.77 bits per heavy atom. The van der Waals surface area contributed by atoms with Gasteiger partial charge in [0, 0.05) is 56.6 Å². The van der Waals surface area contributed by atoms with Crippen molar-refractivity contribution in [3.05, 3.63) is 41.6 Å². The van der Waals surface area contributed by atoms with Crippen LogP contribution in [-0.4, -0.2) is 80.4 Å². The number of aryl methyl sites for hydroxylation is 1. The van der Waals surface area contributed by atoms with Crippen LogP contribution < -0.4 is 14.5 Å². The molecule has 4 rings (SSSR count). The van der Waals surface area contributed by atoms with E-state index in [-0.39, 0.29) is 5.91 Å². The fourth-order valence-corrected chi connectivity index (χ4v) is 3.91. The molecule has 160 valence electrons. The number of anilines is 2. The molecule has 1 aromatic carbocycles. The molecule has 0 spiro atoms. The van der Waals surface area contributed by atoms with Crippen LogP contribution in [0.1, 0.15) is 11.3 Å². The van der Waals surface area contributed by atoms with Gasteiger partial charge in [-0.2, -0.15) is 4.98 Å². The van der Waals surface area contributed by atoms with E-state index in [1.54, 1.807) is 7.11 Å². The van der Waals surface area contributed by atoms with E-state index >= 15 is 0 Å². The van der Waals surface area contributed by atoms with Crippen LogP contribution >= 0.6 is 0 Å². The maximum atomic E-state index is 12.8. The zero-order valence-electron chi connectivity index (χ0n) is 17.7. The van der Waals surface area contributed by atoms with E-state index < -0.39 is 0 Å². The Bertz CT molecular complexity index is 877. The minimum Gasteiger partial charge on any atom is -0.496 e. The van der Waals surface area contributed by atoms with E-state index in [9.17, 15) is 4.79 Å². The van der Waals surface area contributed by atoms with Gasteiger partial charge in [0.1, 0.15) is 11.6 Å². The molecule has 2 saturated heterocycles. The number of amides is 1. The molecular weight excluding hydrogens is 382 g/mol. The number of carbonyl (C=O) groups is 1. The van der Waals surface area contributed by atoms with E-state index in [1.807, 2.05) is 42.2 Å². The number of methoxy groups -OCH3 is 1. The Morgan fingerprint density at radius 1 is 1.03 bits per heavy atom. The fourth-order valence-electron chi connectivity index (χ4n) is 3.91. The number of nitrogens with zero attached hydrogens (tertiary/aromatic N) is 5. The van der Waals surface area contributed by atoms with Crippen LogP contribution in [0.5, 0.6) is 5.75 Å². The summed E-state index contributed by atoms with van der Waals surface area (Å²) in [6.45, 7) is 7.94. The second-order valence-corrected chi connectivity index (χ2v) is 7.62. The number of rotatable bonds is 5. The molecule has 2 aliphatic rings. The molecule has 2 aliphatic heterocycles. The first-order chi connectivity index (χ1) is 14.6. The molecule has 2 fully saturated rings. The first-order valence-corrected chi connectivity index (χ1v) is 10.5. The number of piperazine rings is 1. The number of hydrogen-bond donors (Lipinski definition) is 0. The van der Waals surface area contributed by atoms with E-state index in [2.05, 4.69) is 14.8 Å². The van der Waals surface area contributed by atoms with Gasteiger partial charge in [0.25, 0.3) is 0 Å².